The summed E-state index contributed by atoms with van der Waals surface area (Å²) in [5.74, 6) is 4.61. The number of rotatable bonds is 7. The number of hydrogen-bond donors (Lipinski definition) is 0. The minimum Gasteiger partial charge on any atom is -0.468 e. The first kappa shape index (κ1) is 26.7. The number of ether oxygens (including phenoxy) is 2. The number of esters is 1. The molecular formula is C32H47BrO3. The largest absolute Gasteiger partial charge is 0.468 e. The van der Waals surface area contributed by atoms with Gasteiger partial charge < -0.3 is 9.47 Å². The van der Waals surface area contributed by atoms with Crippen LogP contribution < -0.4 is 0 Å². The number of fused-ring (bicyclic) bond motifs is 5. The van der Waals surface area contributed by atoms with E-state index in [0.29, 0.717) is 22.9 Å². The van der Waals surface area contributed by atoms with Crippen molar-refractivity contribution < 1.29 is 14.3 Å². The Morgan fingerprint density at radius 2 is 1.72 bits per heavy atom. The molecule has 36 heavy (non-hydrogen) atoms. The van der Waals surface area contributed by atoms with Crippen molar-refractivity contribution in [2.24, 2.45) is 46.3 Å². The van der Waals surface area contributed by atoms with Crippen molar-refractivity contribution in [3.05, 3.63) is 35.9 Å². The highest BCUT2D eigenvalue weighted by Gasteiger charge is 2.60. The Morgan fingerprint density at radius 3 is 2.47 bits per heavy atom. The number of carbonyl (C=O) groups is 1. The zero-order valence-electron chi connectivity index (χ0n) is 22.9. The van der Waals surface area contributed by atoms with E-state index in [-0.39, 0.29) is 10.8 Å². The maximum absolute atomic E-state index is 12.0. The number of halogens is 1. The predicted octanol–water partition coefficient (Wildman–Crippen LogP) is 8.19. The first-order chi connectivity index (χ1) is 17.3. The Hall–Kier alpha value is -0.870. The molecule has 4 aliphatic rings. The molecule has 1 unspecified atom stereocenters. The van der Waals surface area contributed by atoms with Gasteiger partial charge in [0, 0.05) is 0 Å². The molecule has 1 aromatic carbocycles. The SMILES string of the molecule is COC(=O)C(Br)C[C@@H](C)[C@H]1CC[C@H]2[C@@H]3CC[C@@H]4C[C@H](OCc5ccccc5)CC[C@]4(C)[C@H]3CC[C@]12C. The van der Waals surface area contributed by atoms with E-state index in [1.54, 1.807) is 0 Å². The van der Waals surface area contributed by atoms with Gasteiger partial charge in [0.2, 0.25) is 0 Å². The van der Waals surface area contributed by atoms with E-state index >= 15 is 0 Å². The van der Waals surface area contributed by atoms with Gasteiger partial charge in [-0.3, -0.25) is 4.79 Å². The average molecular weight is 560 g/mol. The maximum Gasteiger partial charge on any atom is 0.319 e. The summed E-state index contributed by atoms with van der Waals surface area (Å²) in [6.07, 6.45) is 13.4. The van der Waals surface area contributed by atoms with Crippen molar-refractivity contribution in [2.75, 3.05) is 7.11 Å². The van der Waals surface area contributed by atoms with Crippen LogP contribution >= 0.6 is 15.9 Å². The molecule has 1 aromatic rings. The Bertz CT molecular complexity index is 904. The molecule has 4 fully saturated rings. The lowest BCUT2D eigenvalue weighted by Crippen LogP contribution is -2.54. The molecule has 0 amide bonds. The molecule has 0 heterocycles. The molecule has 200 valence electrons. The van der Waals surface area contributed by atoms with Gasteiger partial charge in [0.05, 0.1) is 19.8 Å². The van der Waals surface area contributed by atoms with Crippen LogP contribution in [0.2, 0.25) is 0 Å². The Labute approximate surface area is 227 Å². The molecule has 10 atom stereocenters. The molecule has 5 rings (SSSR count). The summed E-state index contributed by atoms with van der Waals surface area (Å²) in [6, 6.07) is 10.7. The molecule has 0 bridgehead atoms. The van der Waals surface area contributed by atoms with Gasteiger partial charge >= 0.3 is 5.97 Å². The highest BCUT2D eigenvalue weighted by atomic mass is 79.9. The van der Waals surface area contributed by atoms with Crippen LogP contribution in [0.1, 0.15) is 90.5 Å². The lowest BCUT2D eigenvalue weighted by molar-refractivity contribution is -0.141. The third-order valence-electron chi connectivity index (χ3n) is 11.7. The molecule has 3 nitrogen and oxygen atoms in total. The molecule has 0 aliphatic heterocycles. The van der Waals surface area contributed by atoms with E-state index in [2.05, 4.69) is 67.0 Å². The van der Waals surface area contributed by atoms with Gasteiger partial charge in [-0.1, -0.05) is 67.0 Å². The fraction of sp³-hybridized carbons (Fsp3) is 0.781. The van der Waals surface area contributed by atoms with Crippen molar-refractivity contribution in [2.45, 2.75) is 103 Å². The van der Waals surface area contributed by atoms with Gasteiger partial charge in [0.1, 0.15) is 4.83 Å². The number of methoxy groups -OCH3 is 1. The zero-order chi connectivity index (χ0) is 25.5. The smallest absolute Gasteiger partial charge is 0.319 e. The van der Waals surface area contributed by atoms with Gasteiger partial charge in [-0.15, -0.1) is 0 Å². The zero-order valence-corrected chi connectivity index (χ0v) is 24.5. The summed E-state index contributed by atoms with van der Waals surface area (Å²) in [4.78, 5) is 11.9. The number of alkyl halides is 1. The molecule has 0 spiro atoms. The second-order valence-electron chi connectivity index (χ2n) is 13.3. The fourth-order valence-electron chi connectivity index (χ4n) is 9.85. The van der Waals surface area contributed by atoms with Gasteiger partial charge in [0.25, 0.3) is 0 Å². The van der Waals surface area contributed by atoms with Crippen LogP contribution in [0.15, 0.2) is 30.3 Å². The number of hydrogen-bond acceptors (Lipinski definition) is 3. The summed E-state index contributed by atoms with van der Waals surface area (Å²) >= 11 is 3.60. The lowest BCUT2D eigenvalue weighted by Gasteiger charge is -2.61. The van der Waals surface area contributed by atoms with E-state index in [1.807, 2.05) is 0 Å². The van der Waals surface area contributed by atoms with Crippen LogP contribution in [-0.2, 0) is 20.9 Å². The summed E-state index contributed by atoms with van der Waals surface area (Å²) in [7, 11) is 1.50. The number of carbonyl (C=O) groups excluding carboxylic acids is 1. The minimum atomic E-state index is -0.176. The molecule has 0 aromatic heterocycles. The number of benzene rings is 1. The van der Waals surface area contributed by atoms with Gasteiger partial charge in [-0.2, -0.15) is 0 Å². The van der Waals surface area contributed by atoms with E-state index in [0.717, 1.165) is 42.6 Å². The molecule has 0 N–H and O–H groups in total. The summed E-state index contributed by atoms with van der Waals surface area (Å²) < 4.78 is 11.4. The molecular weight excluding hydrogens is 512 g/mol. The fourth-order valence-corrected chi connectivity index (χ4v) is 10.6. The van der Waals surface area contributed by atoms with Gasteiger partial charge in [0.15, 0.2) is 0 Å². The van der Waals surface area contributed by atoms with Crippen LogP contribution in [0.3, 0.4) is 0 Å². The molecule has 4 aliphatic carbocycles. The highest BCUT2D eigenvalue weighted by Crippen LogP contribution is 2.68. The first-order valence-electron chi connectivity index (χ1n) is 14.6. The monoisotopic (exact) mass is 558 g/mol. The van der Waals surface area contributed by atoms with Crippen LogP contribution in [-0.4, -0.2) is 24.0 Å². The second kappa shape index (κ2) is 10.7. The lowest BCUT2D eigenvalue weighted by atomic mass is 9.44. The first-order valence-corrected chi connectivity index (χ1v) is 15.5. The van der Waals surface area contributed by atoms with E-state index in [1.165, 1.54) is 70.5 Å². The van der Waals surface area contributed by atoms with Crippen molar-refractivity contribution in [1.82, 2.24) is 0 Å². The minimum absolute atomic E-state index is 0.125. The molecule has 4 heteroatoms. The van der Waals surface area contributed by atoms with Crippen LogP contribution in [0.25, 0.3) is 0 Å². The topological polar surface area (TPSA) is 35.5 Å². The highest BCUT2D eigenvalue weighted by molar-refractivity contribution is 9.10. The summed E-state index contributed by atoms with van der Waals surface area (Å²) in [6.45, 7) is 8.42. The molecule has 0 radical (unpaired) electrons. The summed E-state index contributed by atoms with van der Waals surface area (Å²) in [5, 5.41) is 0. The van der Waals surface area contributed by atoms with Crippen molar-refractivity contribution in [3.8, 4) is 0 Å². The van der Waals surface area contributed by atoms with Crippen LogP contribution in [0.5, 0.6) is 0 Å². The quantitative estimate of drug-likeness (QED) is 0.250. The molecule has 4 saturated carbocycles. The standard InChI is InChI=1S/C32H47BrO3/c1-21(18-29(33)30(34)35-4)26-12-13-27-25-11-10-23-19-24(36-20-22-8-6-5-7-9-22)14-16-31(23,2)28(25)15-17-32(26,27)3/h5-9,21,23-29H,10-20H2,1-4H3/t21-,23-,24-,25+,26-,27+,28+,29?,31+,32-/m1/s1. The second-order valence-corrected chi connectivity index (χ2v) is 14.4. The Kier molecular flexibility index (Phi) is 7.95. The Morgan fingerprint density at radius 1 is 1.00 bits per heavy atom. The summed E-state index contributed by atoms with van der Waals surface area (Å²) in [5.41, 5.74) is 2.22. The van der Waals surface area contributed by atoms with E-state index in [9.17, 15) is 4.79 Å². The Balaban J connectivity index is 1.22. The van der Waals surface area contributed by atoms with E-state index in [4.69, 9.17) is 9.47 Å². The molecule has 0 saturated heterocycles. The van der Waals surface area contributed by atoms with Crippen molar-refractivity contribution >= 4 is 21.9 Å². The van der Waals surface area contributed by atoms with E-state index < -0.39 is 0 Å². The third-order valence-corrected chi connectivity index (χ3v) is 12.5. The van der Waals surface area contributed by atoms with Crippen molar-refractivity contribution in [3.63, 3.8) is 0 Å². The predicted molar refractivity (Wildman–Crippen MR) is 149 cm³/mol. The van der Waals surface area contributed by atoms with Gasteiger partial charge in [-0.05, 0) is 116 Å². The van der Waals surface area contributed by atoms with Crippen molar-refractivity contribution in [1.29, 1.82) is 0 Å². The maximum atomic E-state index is 12.0. The third kappa shape index (κ3) is 4.83. The van der Waals surface area contributed by atoms with Crippen LogP contribution in [0, 0.1) is 46.3 Å². The van der Waals surface area contributed by atoms with Gasteiger partial charge in [-0.25, -0.2) is 0 Å². The van der Waals surface area contributed by atoms with Crippen LogP contribution in [0.4, 0.5) is 0 Å². The normalized spacial score (nSPS) is 41.5. The average Bonchev–Trinajstić information content (AvgIpc) is 3.24.